The first kappa shape index (κ1) is 7.60. The van der Waals surface area contributed by atoms with Crippen LogP contribution >= 0.6 is 22.3 Å². The molecule has 0 spiro atoms. The molecular formula is C10H6S2. The average molecular weight is 190 g/mol. The van der Waals surface area contributed by atoms with E-state index in [0.29, 0.717) is 0 Å². The Kier molecular flexibility index (Phi) is 2.26. The van der Waals surface area contributed by atoms with Gasteiger partial charge in [-0.2, -0.15) is 0 Å². The minimum absolute atomic E-state index is 1.24. The number of allylic oxidation sites excluding steroid dienone is 6. The zero-order valence-corrected chi connectivity index (χ0v) is 7.91. The summed E-state index contributed by atoms with van der Waals surface area (Å²) in [5.41, 5.74) is 0. The minimum Gasteiger partial charge on any atom is -0.0930 e. The zero-order chi connectivity index (χ0) is 8.23. The lowest BCUT2D eigenvalue weighted by molar-refractivity contribution is 1.84. The average Bonchev–Trinajstić information content (AvgIpc) is 2.74. The lowest BCUT2D eigenvalue weighted by Crippen LogP contribution is -1.61. The van der Waals surface area contributed by atoms with Crippen LogP contribution in [0, 0.1) is 10.4 Å². The molecule has 2 rings (SSSR count). The molecular weight excluding hydrogens is 184 g/mol. The van der Waals surface area contributed by atoms with E-state index in [9.17, 15) is 0 Å². The Morgan fingerprint density at radius 2 is 1.42 bits per heavy atom. The molecule has 0 aromatic carbocycles. The number of hydrogen-bond donors (Lipinski definition) is 0. The first-order valence-electron chi connectivity index (χ1n) is 3.55. The molecule has 0 fully saturated rings. The van der Waals surface area contributed by atoms with Crippen LogP contribution in [0.3, 0.4) is 0 Å². The van der Waals surface area contributed by atoms with Crippen molar-refractivity contribution in [1.29, 1.82) is 0 Å². The van der Waals surface area contributed by atoms with Gasteiger partial charge in [0.05, 0.1) is 0 Å². The van der Waals surface area contributed by atoms with Gasteiger partial charge in [0.15, 0.2) is 0 Å². The Balaban J connectivity index is 2.18. The highest BCUT2D eigenvalue weighted by Crippen LogP contribution is 2.16. The summed E-state index contributed by atoms with van der Waals surface area (Å²) in [6.07, 6.45) is 12.2. The highest BCUT2D eigenvalue weighted by atomic mass is 32.1. The van der Waals surface area contributed by atoms with Gasteiger partial charge < -0.3 is 0 Å². The van der Waals surface area contributed by atoms with Gasteiger partial charge in [-0.05, 0) is 36.5 Å². The third-order valence-electron chi connectivity index (χ3n) is 1.40. The smallest absolute Gasteiger partial charge is 0.0361 e. The lowest BCUT2D eigenvalue weighted by atomic mass is 10.4. The summed E-state index contributed by atoms with van der Waals surface area (Å²) in [6, 6.07) is 0. The summed E-state index contributed by atoms with van der Waals surface area (Å²) in [4.78, 5) is 2.48. The van der Waals surface area contributed by atoms with Crippen LogP contribution in [0.25, 0.3) is 0 Å². The molecule has 0 nitrogen and oxygen atoms in total. The van der Waals surface area contributed by atoms with Crippen molar-refractivity contribution in [3.63, 3.8) is 0 Å². The molecule has 2 aliphatic rings. The summed E-state index contributed by atoms with van der Waals surface area (Å²) in [5.74, 6) is 0. The van der Waals surface area contributed by atoms with Gasteiger partial charge in [0.2, 0.25) is 0 Å². The van der Waals surface area contributed by atoms with E-state index in [1.165, 1.54) is 9.81 Å². The quantitative estimate of drug-likeness (QED) is 0.595. The maximum absolute atomic E-state index is 3.05. The van der Waals surface area contributed by atoms with E-state index in [0.717, 1.165) is 0 Å². The third kappa shape index (κ3) is 1.76. The molecule has 0 atom stereocenters. The van der Waals surface area contributed by atoms with Crippen molar-refractivity contribution in [3.8, 4) is 10.4 Å². The monoisotopic (exact) mass is 190 g/mol. The van der Waals surface area contributed by atoms with Gasteiger partial charge >= 0.3 is 0 Å². The molecule has 0 unspecified atom stereocenters. The summed E-state index contributed by atoms with van der Waals surface area (Å²) in [5, 5.41) is 6.09. The second-order valence-electron chi connectivity index (χ2n) is 2.24. The molecule has 2 heterocycles. The second-order valence-corrected chi connectivity index (χ2v) is 4.07. The Labute approximate surface area is 79.2 Å². The van der Waals surface area contributed by atoms with Gasteiger partial charge in [0.1, 0.15) is 0 Å². The van der Waals surface area contributed by atoms with Gasteiger partial charge in [-0.15, -0.1) is 0 Å². The maximum atomic E-state index is 3.05. The van der Waals surface area contributed by atoms with Gasteiger partial charge in [-0.3, -0.25) is 0 Å². The van der Waals surface area contributed by atoms with Crippen molar-refractivity contribution >= 4 is 22.3 Å². The Hall–Kier alpha value is -1.04. The molecule has 0 aromatic rings. The number of hydrogen-bond acceptors (Lipinski definition) is 0. The van der Waals surface area contributed by atoms with Crippen molar-refractivity contribution in [2.75, 3.05) is 0 Å². The van der Waals surface area contributed by atoms with E-state index < -0.39 is 0 Å². The third-order valence-corrected chi connectivity index (χ3v) is 2.92. The molecule has 0 bridgehead atoms. The van der Waals surface area contributed by atoms with Crippen molar-refractivity contribution in [1.82, 2.24) is 0 Å². The second kappa shape index (κ2) is 3.57. The van der Waals surface area contributed by atoms with Crippen LogP contribution < -0.4 is 0 Å². The topological polar surface area (TPSA) is 0 Å². The Bertz CT molecular complexity index is 396. The molecule has 2 aliphatic heterocycles. The predicted molar refractivity (Wildman–Crippen MR) is 57.4 cm³/mol. The van der Waals surface area contributed by atoms with E-state index >= 15 is 0 Å². The molecule has 0 saturated carbocycles. The van der Waals surface area contributed by atoms with E-state index in [1.54, 1.807) is 22.3 Å². The molecule has 12 heavy (non-hydrogen) atoms. The fourth-order valence-corrected chi connectivity index (χ4v) is 1.94. The molecule has 0 aromatic heterocycles. The minimum atomic E-state index is 1.24. The van der Waals surface area contributed by atoms with Gasteiger partial charge in [-0.1, -0.05) is 32.7 Å². The Morgan fingerprint density at radius 3 is 1.75 bits per heavy atom. The fraction of sp³-hybridized carbons (Fsp3) is 0. The van der Waals surface area contributed by atoms with Crippen LogP contribution in [-0.2, 0) is 0 Å². The van der Waals surface area contributed by atoms with E-state index in [4.69, 9.17) is 0 Å². The highest BCUT2D eigenvalue weighted by molar-refractivity contribution is 7.93. The van der Waals surface area contributed by atoms with Crippen molar-refractivity contribution in [2.45, 2.75) is 0 Å². The van der Waals surface area contributed by atoms with E-state index in [-0.39, 0.29) is 0 Å². The molecule has 0 radical (unpaired) electrons. The first-order valence-corrected chi connectivity index (χ1v) is 5.18. The summed E-state index contributed by atoms with van der Waals surface area (Å²) < 4.78 is 0. The Morgan fingerprint density at radius 1 is 0.917 bits per heavy atom. The van der Waals surface area contributed by atoms with Crippen LogP contribution in [0.5, 0.6) is 0 Å². The largest absolute Gasteiger partial charge is 0.0930 e. The summed E-state index contributed by atoms with van der Waals surface area (Å²) >= 11 is 3.25. The van der Waals surface area contributed by atoms with Crippen LogP contribution in [0.4, 0.5) is 0 Å². The fourth-order valence-electron chi connectivity index (χ4n) is 0.848. The van der Waals surface area contributed by atoms with Gasteiger partial charge in [-0.25, -0.2) is 0 Å². The van der Waals surface area contributed by atoms with Crippen LogP contribution in [0.1, 0.15) is 0 Å². The molecule has 58 valence electrons. The molecule has 2 heteroatoms. The predicted octanol–water partition coefficient (Wildman–Crippen LogP) is 3.28. The maximum Gasteiger partial charge on any atom is 0.0361 e. The standard InChI is InChI=1S/C10H6S2/c1-3-9(11-7-1)5-6-10-4-2-8-12-10/h1-6H. The van der Waals surface area contributed by atoms with Crippen molar-refractivity contribution in [2.24, 2.45) is 0 Å². The van der Waals surface area contributed by atoms with Crippen molar-refractivity contribution < 1.29 is 0 Å². The lowest BCUT2D eigenvalue weighted by Gasteiger charge is -1.83. The van der Waals surface area contributed by atoms with Crippen LogP contribution in [-0.4, -0.2) is 0 Å². The summed E-state index contributed by atoms with van der Waals surface area (Å²) in [6.45, 7) is 0. The normalized spacial score (nSPS) is 24.0. The first-order chi connectivity index (χ1) is 5.95. The summed E-state index contributed by atoms with van der Waals surface area (Å²) in [7, 11) is 0. The zero-order valence-electron chi connectivity index (χ0n) is 6.28. The molecule has 0 aliphatic carbocycles. The van der Waals surface area contributed by atoms with E-state index in [2.05, 4.69) is 34.7 Å². The molecule has 0 amide bonds. The van der Waals surface area contributed by atoms with Crippen molar-refractivity contribution in [3.05, 3.63) is 46.3 Å². The van der Waals surface area contributed by atoms with Gasteiger partial charge in [0, 0.05) is 9.81 Å². The molecule has 0 saturated heterocycles. The number of rotatable bonds is 1. The van der Waals surface area contributed by atoms with Gasteiger partial charge in [0.25, 0.3) is 0 Å². The van der Waals surface area contributed by atoms with E-state index in [1.807, 2.05) is 12.2 Å². The molecule has 0 N–H and O–H groups in total. The highest BCUT2D eigenvalue weighted by Gasteiger charge is 1.90. The SMILES string of the molecule is C1#SC(=CC=C2C=CC#S2)C=C1. The van der Waals surface area contributed by atoms with Crippen LogP contribution in [0.15, 0.2) is 46.3 Å². The van der Waals surface area contributed by atoms with Crippen LogP contribution in [0.2, 0.25) is 0 Å².